The third-order valence-corrected chi connectivity index (χ3v) is 3.04. The fourth-order valence-corrected chi connectivity index (χ4v) is 1.88. The van der Waals surface area contributed by atoms with E-state index < -0.39 is 18.5 Å². The van der Waals surface area contributed by atoms with E-state index in [4.69, 9.17) is 16.7 Å². The van der Waals surface area contributed by atoms with Crippen molar-refractivity contribution in [2.24, 2.45) is 5.41 Å². The van der Waals surface area contributed by atoms with Crippen LogP contribution in [0.15, 0.2) is 24.3 Å². The number of carboxylic acid groups (broad SMARTS) is 1. The molecule has 116 valence electrons. The van der Waals surface area contributed by atoms with Crippen LogP contribution in [0.2, 0.25) is 5.02 Å². The number of nitrogens with zero attached hydrogens (tertiary/aromatic N) is 1. The van der Waals surface area contributed by atoms with Crippen molar-refractivity contribution in [3.05, 3.63) is 29.3 Å². The lowest BCUT2D eigenvalue weighted by molar-refractivity contribution is -0.135. The number of halogens is 1. The van der Waals surface area contributed by atoms with Crippen LogP contribution < -0.4 is 10.2 Å². The highest BCUT2D eigenvalue weighted by Crippen LogP contribution is 2.20. The molecule has 1 aromatic rings. The van der Waals surface area contributed by atoms with Crippen molar-refractivity contribution in [3.8, 4) is 0 Å². The molecule has 0 aromatic heterocycles. The summed E-state index contributed by atoms with van der Waals surface area (Å²) in [6.45, 7) is 6.29. The third kappa shape index (κ3) is 6.49. The average molecular weight is 313 g/mol. The second-order valence-electron chi connectivity index (χ2n) is 6.00. The normalized spacial score (nSPS) is 11.0. The summed E-state index contributed by atoms with van der Waals surface area (Å²) in [6.07, 6.45) is 0.801. The van der Waals surface area contributed by atoms with Crippen molar-refractivity contribution in [1.82, 2.24) is 5.32 Å². The van der Waals surface area contributed by atoms with Crippen LogP contribution in [0.25, 0.3) is 0 Å². The maximum atomic E-state index is 12.2. The first kappa shape index (κ1) is 17.3. The highest BCUT2D eigenvalue weighted by molar-refractivity contribution is 6.30. The predicted octanol–water partition coefficient (Wildman–Crippen LogP) is 3.38. The standard InChI is InChI=1S/C15H21ClN2O3/c1-15(2,3)7-8-17-14(21)18(10-13(19)20)12-6-4-5-11(16)9-12/h4-6,9H,7-8,10H2,1-3H3,(H,17,21)(H,19,20). The number of urea groups is 1. The zero-order valence-corrected chi connectivity index (χ0v) is 13.3. The lowest BCUT2D eigenvalue weighted by Gasteiger charge is -2.23. The number of aliphatic carboxylic acids is 1. The first-order valence-electron chi connectivity index (χ1n) is 6.72. The van der Waals surface area contributed by atoms with Gasteiger partial charge in [-0.15, -0.1) is 0 Å². The van der Waals surface area contributed by atoms with Gasteiger partial charge in [0.25, 0.3) is 0 Å². The molecule has 0 saturated carbocycles. The molecule has 1 rings (SSSR count). The summed E-state index contributed by atoms with van der Waals surface area (Å²) >= 11 is 5.89. The summed E-state index contributed by atoms with van der Waals surface area (Å²) in [5.74, 6) is -1.08. The van der Waals surface area contributed by atoms with Gasteiger partial charge in [-0.25, -0.2) is 4.79 Å². The molecule has 6 heteroatoms. The van der Waals surface area contributed by atoms with Gasteiger partial charge in [0.15, 0.2) is 0 Å². The monoisotopic (exact) mass is 312 g/mol. The molecule has 2 amide bonds. The number of carbonyl (C=O) groups is 2. The van der Waals surface area contributed by atoms with Gasteiger partial charge in [-0.2, -0.15) is 0 Å². The molecule has 0 aliphatic heterocycles. The third-order valence-electron chi connectivity index (χ3n) is 2.81. The van der Waals surface area contributed by atoms with E-state index >= 15 is 0 Å². The number of hydrogen-bond acceptors (Lipinski definition) is 2. The van der Waals surface area contributed by atoms with Crippen molar-refractivity contribution in [1.29, 1.82) is 0 Å². The largest absolute Gasteiger partial charge is 0.480 e. The quantitative estimate of drug-likeness (QED) is 0.875. The van der Waals surface area contributed by atoms with Crippen LogP contribution in [0.1, 0.15) is 27.2 Å². The molecular formula is C15H21ClN2O3. The molecule has 0 heterocycles. The smallest absolute Gasteiger partial charge is 0.323 e. The molecule has 1 aromatic carbocycles. The van der Waals surface area contributed by atoms with Gasteiger partial charge >= 0.3 is 12.0 Å². The molecule has 0 bridgehead atoms. The van der Waals surface area contributed by atoms with Gasteiger partial charge in [0.1, 0.15) is 6.54 Å². The molecule has 21 heavy (non-hydrogen) atoms. The van der Waals surface area contributed by atoms with Crippen LogP contribution >= 0.6 is 11.6 Å². The van der Waals surface area contributed by atoms with Gasteiger partial charge in [0, 0.05) is 17.3 Å². The number of benzene rings is 1. The van der Waals surface area contributed by atoms with Crippen LogP contribution in [0.3, 0.4) is 0 Å². The van der Waals surface area contributed by atoms with Crippen LogP contribution in [-0.2, 0) is 4.79 Å². The van der Waals surface area contributed by atoms with Crippen molar-refractivity contribution >= 4 is 29.3 Å². The maximum absolute atomic E-state index is 12.2. The van der Waals surface area contributed by atoms with Crippen LogP contribution in [0.5, 0.6) is 0 Å². The molecule has 0 aliphatic carbocycles. The highest BCUT2D eigenvalue weighted by atomic mass is 35.5. The Labute approximate surface area is 129 Å². The Morgan fingerprint density at radius 1 is 1.33 bits per heavy atom. The molecule has 0 radical (unpaired) electrons. The molecule has 0 saturated heterocycles. The van der Waals surface area contributed by atoms with Crippen molar-refractivity contribution in [2.45, 2.75) is 27.2 Å². The number of amides is 2. The summed E-state index contributed by atoms with van der Waals surface area (Å²) < 4.78 is 0. The van der Waals surface area contributed by atoms with Crippen molar-refractivity contribution in [2.75, 3.05) is 18.0 Å². The fraction of sp³-hybridized carbons (Fsp3) is 0.467. The number of anilines is 1. The van der Waals surface area contributed by atoms with Crippen LogP contribution in [0, 0.1) is 5.41 Å². The van der Waals surface area contributed by atoms with Gasteiger partial charge in [-0.3, -0.25) is 9.69 Å². The van der Waals surface area contributed by atoms with Crippen LogP contribution in [-0.4, -0.2) is 30.2 Å². The molecule has 2 N–H and O–H groups in total. The SMILES string of the molecule is CC(C)(C)CCNC(=O)N(CC(=O)O)c1cccc(Cl)c1. The Morgan fingerprint density at radius 2 is 2.00 bits per heavy atom. The molecule has 0 aliphatic rings. The maximum Gasteiger partial charge on any atom is 0.323 e. The molecular weight excluding hydrogens is 292 g/mol. The number of nitrogens with one attached hydrogen (secondary N) is 1. The summed E-state index contributed by atoms with van der Waals surface area (Å²) in [7, 11) is 0. The molecule has 0 spiro atoms. The number of carboxylic acids is 1. The molecule has 0 unspecified atom stereocenters. The Bertz CT molecular complexity index is 512. The predicted molar refractivity (Wildman–Crippen MR) is 83.9 cm³/mol. The topological polar surface area (TPSA) is 69.6 Å². The van der Waals surface area contributed by atoms with Gasteiger partial charge in [0.05, 0.1) is 0 Å². The second-order valence-corrected chi connectivity index (χ2v) is 6.44. The van der Waals surface area contributed by atoms with E-state index in [-0.39, 0.29) is 5.41 Å². The Kier molecular flexibility index (Phi) is 6.03. The number of carbonyl (C=O) groups excluding carboxylic acids is 1. The zero-order chi connectivity index (χ0) is 16.0. The van der Waals surface area contributed by atoms with E-state index in [0.717, 1.165) is 11.3 Å². The average Bonchev–Trinajstić information content (AvgIpc) is 2.34. The van der Waals surface area contributed by atoms with Crippen LogP contribution in [0.4, 0.5) is 10.5 Å². The minimum Gasteiger partial charge on any atom is -0.480 e. The second kappa shape index (κ2) is 7.31. The summed E-state index contributed by atoms with van der Waals surface area (Å²) in [4.78, 5) is 24.3. The van der Waals surface area contributed by atoms with Crippen molar-refractivity contribution in [3.63, 3.8) is 0 Å². The number of hydrogen-bond donors (Lipinski definition) is 2. The lowest BCUT2D eigenvalue weighted by atomic mass is 9.92. The summed E-state index contributed by atoms with van der Waals surface area (Å²) in [6, 6.07) is 6.12. The summed E-state index contributed by atoms with van der Waals surface area (Å²) in [5, 5.41) is 12.2. The van der Waals surface area contributed by atoms with E-state index in [9.17, 15) is 9.59 Å². The van der Waals surface area contributed by atoms with Gasteiger partial charge in [0.2, 0.25) is 0 Å². The first-order chi connectivity index (χ1) is 9.69. The van der Waals surface area contributed by atoms with E-state index in [1.165, 1.54) is 0 Å². The minimum absolute atomic E-state index is 0.0982. The first-order valence-corrected chi connectivity index (χ1v) is 7.09. The van der Waals surface area contributed by atoms with E-state index in [2.05, 4.69) is 26.1 Å². The number of rotatable bonds is 5. The lowest BCUT2D eigenvalue weighted by Crippen LogP contribution is -2.43. The van der Waals surface area contributed by atoms with E-state index in [0.29, 0.717) is 17.3 Å². The van der Waals surface area contributed by atoms with Gasteiger partial charge in [-0.05, 0) is 30.0 Å². The molecule has 0 atom stereocenters. The fourth-order valence-electron chi connectivity index (χ4n) is 1.70. The van der Waals surface area contributed by atoms with E-state index in [1.54, 1.807) is 24.3 Å². The Hall–Kier alpha value is -1.75. The Morgan fingerprint density at radius 3 is 2.52 bits per heavy atom. The Balaban J connectivity index is 2.78. The van der Waals surface area contributed by atoms with Gasteiger partial charge in [-0.1, -0.05) is 38.4 Å². The molecule has 5 nitrogen and oxygen atoms in total. The summed E-state index contributed by atoms with van der Waals surface area (Å²) in [5.41, 5.74) is 0.555. The van der Waals surface area contributed by atoms with Crippen molar-refractivity contribution < 1.29 is 14.7 Å². The zero-order valence-electron chi connectivity index (χ0n) is 12.5. The van der Waals surface area contributed by atoms with Gasteiger partial charge < -0.3 is 10.4 Å². The highest BCUT2D eigenvalue weighted by Gasteiger charge is 2.19. The minimum atomic E-state index is -1.08. The molecule has 0 fully saturated rings. The van der Waals surface area contributed by atoms with E-state index in [1.807, 2.05) is 0 Å².